The number of nitrogens with two attached hydrogens (primary N) is 1. The maximum absolute atomic E-state index is 12.0. The normalized spacial score (nSPS) is 11.4. The molecule has 0 spiro atoms. The molecule has 0 aliphatic rings. The number of hydrogen-bond acceptors (Lipinski definition) is 2. The molecule has 0 unspecified atom stereocenters. The highest BCUT2D eigenvalue weighted by Gasteiger charge is 2.18. The van der Waals surface area contributed by atoms with E-state index in [1.165, 1.54) is 11.1 Å². The first-order valence-corrected chi connectivity index (χ1v) is 6.57. The molecule has 1 aromatic rings. The van der Waals surface area contributed by atoms with Gasteiger partial charge >= 0.3 is 0 Å². The highest BCUT2D eigenvalue weighted by Crippen LogP contribution is 2.23. The Morgan fingerprint density at radius 1 is 1.22 bits per heavy atom. The Kier molecular flexibility index (Phi) is 4.91. The second kappa shape index (κ2) is 6.01. The summed E-state index contributed by atoms with van der Waals surface area (Å²) in [4.78, 5) is 12.0. The average molecular weight is 248 g/mol. The van der Waals surface area contributed by atoms with Gasteiger partial charge in [-0.15, -0.1) is 0 Å². The van der Waals surface area contributed by atoms with Crippen molar-refractivity contribution >= 4 is 11.6 Å². The third kappa shape index (κ3) is 4.15. The molecule has 0 aromatic heterocycles. The SMILES string of the molecule is CCc1cccc(CC)c1NC(=O)CC(C)(C)N. The summed E-state index contributed by atoms with van der Waals surface area (Å²) in [5, 5.41) is 3.02. The van der Waals surface area contributed by atoms with Crippen molar-refractivity contribution in [2.24, 2.45) is 5.73 Å². The maximum atomic E-state index is 12.0. The van der Waals surface area contributed by atoms with Crippen LogP contribution >= 0.6 is 0 Å². The lowest BCUT2D eigenvalue weighted by Crippen LogP contribution is -2.36. The van der Waals surface area contributed by atoms with Crippen LogP contribution in [-0.4, -0.2) is 11.4 Å². The van der Waals surface area contributed by atoms with Crippen LogP contribution in [0, 0.1) is 0 Å². The number of hydrogen-bond donors (Lipinski definition) is 2. The summed E-state index contributed by atoms with van der Waals surface area (Å²) in [5.74, 6) is -0.0156. The molecule has 3 heteroatoms. The molecule has 0 radical (unpaired) electrons. The van der Waals surface area contributed by atoms with Crippen molar-refractivity contribution in [2.45, 2.75) is 52.5 Å². The first kappa shape index (κ1) is 14.7. The van der Waals surface area contributed by atoms with Crippen molar-refractivity contribution < 1.29 is 4.79 Å². The number of anilines is 1. The lowest BCUT2D eigenvalue weighted by molar-refractivity contribution is -0.117. The van der Waals surface area contributed by atoms with E-state index >= 15 is 0 Å². The molecule has 0 saturated carbocycles. The van der Waals surface area contributed by atoms with E-state index in [4.69, 9.17) is 5.73 Å². The lowest BCUT2D eigenvalue weighted by Gasteiger charge is -2.19. The second-order valence-corrected chi connectivity index (χ2v) is 5.37. The number of carbonyl (C=O) groups excluding carboxylic acids is 1. The zero-order chi connectivity index (χ0) is 13.8. The summed E-state index contributed by atoms with van der Waals surface area (Å²) in [6, 6.07) is 6.16. The van der Waals surface area contributed by atoms with Crippen LogP contribution < -0.4 is 11.1 Å². The quantitative estimate of drug-likeness (QED) is 0.842. The lowest BCUT2D eigenvalue weighted by atomic mass is 10.00. The van der Waals surface area contributed by atoms with E-state index in [-0.39, 0.29) is 5.91 Å². The van der Waals surface area contributed by atoms with Crippen LogP contribution in [0.2, 0.25) is 0 Å². The Bertz CT molecular complexity index is 397. The molecule has 3 nitrogen and oxygen atoms in total. The highest BCUT2D eigenvalue weighted by molar-refractivity contribution is 5.93. The molecule has 0 aliphatic carbocycles. The van der Waals surface area contributed by atoms with E-state index in [9.17, 15) is 4.79 Å². The van der Waals surface area contributed by atoms with Gasteiger partial charge in [-0.25, -0.2) is 0 Å². The molecule has 100 valence electrons. The summed E-state index contributed by atoms with van der Waals surface area (Å²) < 4.78 is 0. The minimum atomic E-state index is -0.475. The van der Waals surface area contributed by atoms with Gasteiger partial charge in [-0.3, -0.25) is 4.79 Å². The van der Waals surface area contributed by atoms with Gasteiger partial charge < -0.3 is 11.1 Å². The number of rotatable bonds is 5. The van der Waals surface area contributed by atoms with Crippen molar-refractivity contribution in [3.05, 3.63) is 29.3 Å². The fourth-order valence-electron chi connectivity index (χ4n) is 2.00. The van der Waals surface area contributed by atoms with E-state index in [0.29, 0.717) is 6.42 Å². The van der Waals surface area contributed by atoms with Crippen LogP contribution in [0.25, 0.3) is 0 Å². The molecule has 0 heterocycles. The smallest absolute Gasteiger partial charge is 0.226 e. The van der Waals surface area contributed by atoms with Crippen molar-refractivity contribution in [3.63, 3.8) is 0 Å². The van der Waals surface area contributed by atoms with E-state index in [1.54, 1.807) is 0 Å². The predicted molar refractivity (Wildman–Crippen MR) is 76.7 cm³/mol. The summed E-state index contributed by atoms with van der Waals surface area (Å²) in [6.45, 7) is 7.91. The van der Waals surface area contributed by atoms with Gasteiger partial charge in [-0.2, -0.15) is 0 Å². The van der Waals surface area contributed by atoms with Crippen LogP contribution in [-0.2, 0) is 17.6 Å². The van der Waals surface area contributed by atoms with Crippen LogP contribution in [0.1, 0.15) is 45.2 Å². The Labute approximate surface area is 110 Å². The number of amides is 1. The first-order valence-electron chi connectivity index (χ1n) is 6.57. The van der Waals surface area contributed by atoms with Gasteiger partial charge in [0.25, 0.3) is 0 Å². The van der Waals surface area contributed by atoms with Crippen LogP contribution in [0.5, 0.6) is 0 Å². The van der Waals surface area contributed by atoms with Crippen molar-refractivity contribution in [2.75, 3.05) is 5.32 Å². The van der Waals surface area contributed by atoms with Gasteiger partial charge in [0.15, 0.2) is 0 Å². The molecule has 0 saturated heterocycles. The number of carbonyl (C=O) groups is 1. The first-order chi connectivity index (χ1) is 8.37. The zero-order valence-corrected chi connectivity index (χ0v) is 11.8. The highest BCUT2D eigenvalue weighted by atomic mass is 16.1. The molecule has 0 atom stereocenters. The maximum Gasteiger partial charge on any atom is 0.226 e. The van der Waals surface area contributed by atoms with Gasteiger partial charge in [0, 0.05) is 17.6 Å². The molecule has 3 N–H and O–H groups in total. The molecule has 18 heavy (non-hydrogen) atoms. The summed E-state index contributed by atoms with van der Waals surface area (Å²) in [7, 11) is 0. The number of aryl methyl sites for hydroxylation is 2. The van der Waals surface area contributed by atoms with Gasteiger partial charge in [0.05, 0.1) is 0 Å². The minimum absolute atomic E-state index is 0.0156. The third-order valence-electron chi connectivity index (χ3n) is 2.88. The largest absolute Gasteiger partial charge is 0.326 e. The van der Waals surface area contributed by atoms with Gasteiger partial charge in [0.2, 0.25) is 5.91 Å². The van der Waals surface area contributed by atoms with Gasteiger partial charge in [-0.05, 0) is 37.8 Å². The third-order valence-corrected chi connectivity index (χ3v) is 2.88. The van der Waals surface area contributed by atoms with E-state index in [2.05, 4.69) is 31.3 Å². The fraction of sp³-hybridized carbons (Fsp3) is 0.533. The van der Waals surface area contributed by atoms with Crippen LogP contribution in [0.15, 0.2) is 18.2 Å². The van der Waals surface area contributed by atoms with Gasteiger partial charge in [0.1, 0.15) is 0 Å². The Hall–Kier alpha value is -1.35. The molecule has 0 fully saturated rings. The van der Waals surface area contributed by atoms with Gasteiger partial charge in [-0.1, -0.05) is 32.0 Å². The van der Waals surface area contributed by atoms with Crippen molar-refractivity contribution in [1.82, 2.24) is 0 Å². The predicted octanol–water partition coefficient (Wildman–Crippen LogP) is 2.88. The van der Waals surface area contributed by atoms with Crippen molar-refractivity contribution in [1.29, 1.82) is 0 Å². The summed E-state index contributed by atoms with van der Waals surface area (Å²) in [5.41, 5.74) is 8.72. The fourth-order valence-corrected chi connectivity index (χ4v) is 2.00. The van der Waals surface area contributed by atoms with Crippen molar-refractivity contribution in [3.8, 4) is 0 Å². The topological polar surface area (TPSA) is 55.1 Å². The van der Waals surface area contributed by atoms with E-state index < -0.39 is 5.54 Å². The molecule has 1 rings (SSSR count). The molecular weight excluding hydrogens is 224 g/mol. The monoisotopic (exact) mass is 248 g/mol. The molecule has 0 bridgehead atoms. The van der Waals surface area contributed by atoms with E-state index in [1.807, 2.05) is 19.9 Å². The Morgan fingerprint density at radius 2 is 1.72 bits per heavy atom. The van der Waals surface area contributed by atoms with Crippen LogP contribution in [0.3, 0.4) is 0 Å². The molecular formula is C15H24N2O. The molecule has 1 amide bonds. The summed E-state index contributed by atoms with van der Waals surface area (Å²) >= 11 is 0. The zero-order valence-electron chi connectivity index (χ0n) is 11.8. The number of benzene rings is 1. The Morgan fingerprint density at radius 3 is 2.11 bits per heavy atom. The Balaban J connectivity index is 2.92. The molecule has 0 aliphatic heterocycles. The standard InChI is InChI=1S/C15H24N2O/c1-5-11-8-7-9-12(6-2)14(11)17-13(18)10-15(3,4)16/h7-9H,5-6,10,16H2,1-4H3,(H,17,18). The van der Waals surface area contributed by atoms with Crippen LogP contribution in [0.4, 0.5) is 5.69 Å². The minimum Gasteiger partial charge on any atom is -0.326 e. The van der Waals surface area contributed by atoms with E-state index in [0.717, 1.165) is 18.5 Å². The second-order valence-electron chi connectivity index (χ2n) is 5.37. The number of nitrogens with one attached hydrogen (secondary N) is 1. The molecule has 1 aromatic carbocycles. The number of para-hydroxylation sites is 1. The average Bonchev–Trinajstić information content (AvgIpc) is 2.26. The summed E-state index contributed by atoms with van der Waals surface area (Å²) in [6.07, 6.45) is 2.15.